The molecule has 0 N–H and O–H groups in total. The van der Waals surface area contributed by atoms with E-state index in [1.807, 2.05) is 33.2 Å². The number of thiophene rings is 1. The van der Waals surface area contributed by atoms with E-state index in [0.29, 0.717) is 40.4 Å². The predicted molar refractivity (Wildman–Crippen MR) is 141 cm³/mol. The van der Waals surface area contributed by atoms with Crippen molar-refractivity contribution in [3.8, 4) is 0 Å². The summed E-state index contributed by atoms with van der Waals surface area (Å²) < 4.78 is 29.5. The summed E-state index contributed by atoms with van der Waals surface area (Å²) in [5, 5.41) is 1.19. The van der Waals surface area contributed by atoms with Crippen LogP contribution in [0.15, 0.2) is 28.5 Å². The summed E-state index contributed by atoms with van der Waals surface area (Å²) >= 11 is 14.7. The number of aromatic nitrogens is 1. The monoisotopic (exact) mass is 560 g/mol. The van der Waals surface area contributed by atoms with Gasteiger partial charge in [0, 0.05) is 18.1 Å². The highest BCUT2D eigenvalue weighted by molar-refractivity contribution is 7.91. The van der Waals surface area contributed by atoms with E-state index in [9.17, 15) is 13.2 Å². The fraction of sp³-hybridized carbons (Fsp3) is 0.455. The van der Waals surface area contributed by atoms with Gasteiger partial charge in [-0.3, -0.25) is 9.69 Å². The minimum absolute atomic E-state index is 0.154. The second-order valence-electron chi connectivity index (χ2n) is 8.49. The Morgan fingerprint density at radius 2 is 1.94 bits per heavy atom. The topological polar surface area (TPSA) is 73.8 Å². The number of nitrogens with zero attached hydrogens (tertiary/aromatic N) is 4. The maximum Gasteiger partial charge on any atom is 0.253 e. The number of aryl methyl sites for hydroxylation is 1. The van der Waals surface area contributed by atoms with E-state index in [2.05, 4.69) is 4.90 Å². The molecule has 1 amide bonds. The maximum absolute atomic E-state index is 13.9. The molecule has 2 aromatic heterocycles. The molecule has 7 nitrogen and oxygen atoms in total. The van der Waals surface area contributed by atoms with Crippen molar-refractivity contribution in [2.45, 2.75) is 36.4 Å². The molecule has 34 heavy (non-hydrogen) atoms. The van der Waals surface area contributed by atoms with Crippen LogP contribution in [0.25, 0.3) is 10.2 Å². The van der Waals surface area contributed by atoms with Crippen molar-refractivity contribution in [3.63, 3.8) is 0 Å². The van der Waals surface area contributed by atoms with Crippen molar-refractivity contribution >= 4 is 77.2 Å². The van der Waals surface area contributed by atoms with E-state index in [-0.39, 0.29) is 10.1 Å². The number of carbonyl (C=O) groups is 1. The van der Waals surface area contributed by atoms with Crippen molar-refractivity contribution in [3.05, 3.63) is 39.2 Å². The first-order chi connectivity index (χ1) is 16.1. The number of halogens is 2. The molecule has 3 heterocycles. The summed E-state index contributed by atoms with van der Waals surface area (Å²) in [6.07, 6.45) is 1.82. The molecule has 1 saturated heterocycles. The van der Waals surface area contributed by atoms with Crippen LogP contribution in [0.4, 0.5) is 5.13 Å². The Bertz CT molecular complexity index is 1310. The molecule has 0 radical (unpaired) electrons. The van der Waals surface area contributed by atoms with Gasteiger partial charge in [-0.2, -0.15) is 4.31 Å². The largest absolute Gasteiger partial charge is 0.309 e. The molecule has 3 aromatic rings. The number of sulfonamides is 1. The number of hydrogen-bond donors (Lipinski definition) is 0. The van der Waals surface area contributed by atoms with Gasteiger partial charge in [-0.15, -0.1) is 11.3 Å². The number of hydrogen-bond acceptors (Lipinski definition) is 7. The van der Waals surface area contributed by atoms with Gasteiger partial charge in [-0.1, -0.05) is 34.5 Å². The third-order valence-corrected chi connectivity index (χ3v) is 10.9. The molecule has 1 atom stereocenters. The van der Waals surface area contributed by atoms with Gasteiger partial charge in [0.25, 0.3) is 10.0 Å². The summed E-state index contributed by atoms with van der Waals surface area (Å²) in [6.45, 7) is 3.44. The normalized spacial score (nSPS) is 17.2. The van der Waals surface area contributed by atoms with Crippen LogP contribution in [-0.2, 0) is 14.8 Å². The third-order valence-electron chi connectivity index (χ3n) is 5.82. The molecule has 0 bridgehead atoms. The standard InChI is InChI=1S/C22H26Cl2N4O3S3/c1-14-15(23)7-8-17-20(14)25-22(32-17)27(12-5-11-26(2)3)21(29)16-6-4-13-28(16)34(30,31)19-10-9-18(24)33-19/h7-10,16H,4-6,11-13H2,1-3H3. The quantitative estimate of drug-likeness (QED) is 0.382. The fourth-order valence-electron chi connectivity index (χ4n) is 4.06. The van der Waals surface area contributed by atoms with Crippen LogP contribution in [0, 0.1) is 6.92 Å². The van der Waals surface area contributed by atoms with E-state index in [0.717, 1.165) is 40.1 Å². The van der Waals surface area contributed by atoms with Gasteiger partial charge in [-0.05, 0) is 76.7 Å². The summed E-state index contributed by atoms with van der Waals surface area (Å²) in [5.74, 6) is -0.245. The zero-order valence-corrected chi connectivity index (χ0v) is 23.1. The SMILES string of the molecule is Cc1c(Cl)ccc2sc(N(CCCN(C)C)C(=O)C3CCCN3S(=O)(=O)c3ccc(Cl)s3)nc12. The number of rotatable bonds is 8. The number of fused-ring (bicyclic) bond motifs is 1. The number of amides is 1. The molecule has 0 saturated carbocycles. The Kier molecular flexibility index (Phi) is 7.88. The smallest absolute Gasteiger partial charge is 0.253 e. The molecule has 1 aliphatic rings. The molecule has 1 aliphatic heterocycles. The number of carbonyl (C=O) groups excluding carboxylic acids is 1. The lowest BCUT2D eigenvalue weighted by Gasteiger charge is -2.28. The molecule has 1 fully saturated rings. The van der Waals surface area contributed by atoms with Gasteiger partial charge in [0.2, 0.25) is 5.91 Å². The highest BCUT2D eigenvalue weighted by Crippen LogP contribution is 2.36. The third kappa shape index (κ3) is 5.13. The first-order valence-corrected chi connectivity index (χ1v) is 14.7. The zero-order valence-electron chi connectivity index (χ0n) is 19.1. The predicted octanol–water partition coefficient (Wildman–Crippen LogP) is 5.11. The number of benzene rings is 1. The van der Waals surface area contributed by atoms with Crippen molar-refractivity contribution in [2.24, 2.45) is 0 Å². The summed E-state index contributed by atoms with van der Waals surface area (Å²) in [6, 6.07) is 6.02. The minimum Gasteiger partial charge on any atom is -0.309 e. The first kappa shape index (κ1) is 25.8. The lowest BCUT2D eigenvalue weighted by Crippen LogP contribution is -2.48. The lowest BCUT2D eigenvalue weighted by molar-refractivity contribution is -0.121. The first-order valence-electron chi connectivity index (χ1n) is 10.9. The molecular weight excluding hydrogens is 535 g/mol. The van der Waals surface area contributed by atoms with Gasteiger partial charge >= 0.3 is 0 Å². The van der Waals surface area contributed by atoms with Gasteiger partial charge in [0.15, 0.2) is 5.13 Å². The molecular formula is C22H26Cl2N4O3S3. The van der Waals surface area contributed by atoms with Crippen molar-refractivity contribution in [1.29, 1.82) is 0 Å². The Morgan fingerprint density at radius 1 is 1.18 bits per heavy atom. The summed E-state index contributed by atoms with van der Waals surface area (Å²) in [4.78, 5) is 22.3. The highest BCUT2D eigenvalue weighted by atomic mass is 35.5. The molecule has 0 spiro atoms. The van der Waals surface area contributed by atoms with Gasteiger partial charge in [0.05, 0.1) is 14.6 Å². The molecule has 0 aliphatic carbocycles. The Balaban J connectivity index is 1.68. The van der Waals surface area contributed by atoms with Gasteiger partial charge in [-0.25, -0.2) is 13.4 Å². The molecule has 184 valence electrons. The molecule has 12 heteroatoms. The van der Waals surface area contributed by atoms with Crippen LogP contribution < -0.4 is 4.90 Å². The lowest BCUT2D eigenvalue weighted by atomic mass is 10.2. The maximum atomic E-state index is 13.9. The number of anilines is 1. The summed E-state index contributed by atoms with van der Waals surface area (Å²) in [7, 11) is 0.136. The Morgan fingerprint density at radius 3 is 2.62 bits per heavy atom. The molecule has 1 aromatic carbocycles. The number of thiazole rings is 1. The van der Waals surface area contributed by atoms with Crippen LogP contribution in [0.3, 0.4) is 0 Å². The van der Waals surface area contributed by atoms with Crippen LogP contribution in [0.2, 0.25) is 9.36 Å². The van der Waals surface area contributed by atoms with E-state index >= 15 is 0 Å². The van der Waals surface area contributed by atoms with Crippen molar-refractivity contribution in [2.75, 3.05) is 38.6 Å². The van der Waals surface area contributed by atoms with E-state index in [4.69, 9.17) is 28.2 Å². The average Bonchev–Trinajstić information content (AvgIpc) is 3.53. The second-order valence-corrected chi connectivity index (χ2v) is 13.7. The Hall–Kier alpha value is -1.27. The molecule has 4 rings (SSSR count). The van der Waals surface area contributed by atoms with E-state index < -0.39 is 16.1 Å². The van der Waals surface area contributed by atoms with E-state index in [1.165, 1.54) is 21.7 Å². The van der Waals surface area contributed by atoms with Crippen molar-refractivity contribution < 1.29 is 13.2 Å². The van der Waals surface area contributed by atoms with Gasteiger partial charge in [0.1, 0.15) is 10.3 Å². The fourth-order valence-corrected chi connectivity index (χ4v) is 8.53. The van der Waals surface area contributed by atoms with Gasteiger partial charge < -0.3 is 4.90 Å². The molecule has 1 unspecified atom stereocenters. The van der Waals surface area contributed by atoms with E-state index in [1.54, 1.807) is 11.0 Å². The average molecular weight is 562 g/mol. The second kappa shape index (κ2) is 10.4. The van der Waals surface area contributed by atoms with Crippen LogP contribution in [-0.4, -0.2) is 68.3 Å². The van der Waals surface area contributed by atoms with Crippen LogP contribution in [0.5, 0.6) is 0 Å². The zero-order chi connectivity index (χ0) is 24.6. The summed E-state index contributed by atoms with van der Waals surface area (Å²) in [5.41, 5.74) is 1.63. The highest BCUT2D eigenvalue weighted by Gasteiger charge is 2.42. The van der Waals surface area contributed by atoms with Crippen LogP contribution >= 0.6 is 45.9 Å². The van der Waals surface area contributed by atoms with Crippen molar-refractivity contribution in [1.82, 2.24) is 14.2 Å². The Labute approximate surface area is 217 Å². The minimum atomic E-state index is -3.82. The van der Waals surface area contributed by atoms with Crippen LogP contribution in [0.1, 0.15) is 24.8 Å².